The van der Waals surface area contributed by atoms with Crippen LogP contribution in [0.2, 0.25) is 0 Å². The molecule has 2 heterocycles. The molecular formula is C23H20N4O5. The van der Waals surface area contributed by atoms with Gasteiger partial charge in [-0.2, -0.15) is 10.4 Å². The summed E-state index contributed by atoms with van der Waals surface area (Å²) in [6.07, 6.45) is 0. The van der Waals surface area contributed by atoms with Gasteiger partial charge in [0.1, 0.15) is 23.1 Å². The van der Waals surface area contributed by atoms with Gasteiger partial charge in [0.15, 0.2) is 0 Å². The van der Waals surface area contributed by atoms with E-state index in [0.29, 0.717) is 39.9 Å². The van der Waals surface area contributed by atoms with Crippen molar-refractivity contribution in [2.24, 2.45) is 5.73 Å². The Labute approximate surface area is 183 Å². The lowest BCUT2D eigenvalue weighted by Gasteiger charge is -2.26. The molecule has 0 bridgehead atoms. The SMILES string of the molecule is COc1ccc(OC)c(C2C(C#N)=C(N)Oc3c2c(C)nn3-c2cccc(C(=O)O)c2)c1. The minimum Gasteiger partial charge on any atom is -0.497 e. The Hall–Kier alpha value is -4.45. The molecule has 1 aliphatic rings. The molecule has 0 spiro atoms. The van der Waals surface area contributed by atoms with Crippen molar-refractivity contribution in [3.63, 3.8) is 0 Å². The molecule has 4 rings (SSSR count). The fraction of sp³-hybridized carbons (Fsp3) is 0.174. The van der Waals surface area contributed by atoms with E-state index in [0.717, 1.165) is 0 Å². The molecule has 0 saturated carbocycles. The first-order valence-electron chi connectivity index (χ1n) is 9.62. The molecule has 0 aliphatic carbocycles. The minimum absolute atomic E-state index is 0.0644. The van der Waals surface area contributed by atoms with Crippen LogP contribution in [0.4, 0.5) is 0 Å². The highest BCUT2D eigenvalue weighted by Gasteiger charge is 2.37. The number of aromatic carboxylic acids is 1. The molecule has 9 heteroatoms. The standard InChI is InChI=1S/C23H20N4O5/c1-12-19-20(16-10-15(30-2)7-8-18(16)31-3)17(11-24)21(25)32-22(19)27(26-12)14-6-4-5-13(9-14)23(28)29/h4-10,20H,25H2,1-3H3,(H,28,29). The predicted octanol–water partition coefficient (Wildman–Crippen LogP) is 3.11. The number of benzene rings is 2. The van der Waals surface area contributed by atoms with E-state index < -0.39 is 11.9 Å². The van der Waals surface area contributed by atoms with Gasteiger partial charge in [0, 0.05) is 5.56 Å². The number of hydrogen-bond acceptors (Lipinski definition) is 7. The first kappa shape index (κ1) is 20.8. The van der Waals surface area contributed by atoms with Crippen molar-refractivity contribution < 1.29 is 24.1 Å². The number of allylic oxidation sites excluding steroid dienone is 1. The van der Waals surface area contributed by atoms with Crippen LogP contribution in [0.3, 0.4) is 0 Å². The van der Waals surface area contributed by atoms with Gasteiger partial charge in [0.2, 0.25) is 11.8 Å². The van der Waals surface area contributed by atoms with Crippen molar-refractivity contribution in [3.05, 3.63) is 76.3 Å². The second-order valence-electron chi connectivity index (χ2n) is 7.10. The van der Waals surface area contributed by atoms with Crippen LogP contribution >= 0.6 is 0 Å². The molecule has 162 valence electrons. The van der Waals surface area contributed by atoms with Crippen LogP contribution in [0.25, 0.3) is 5.69 Å². The van der Waals surface area contributed by atoms with Gasteiger partial charge >= 0.3 is 5.97 Å². The molecule has 0 amide bonds. The van der Waals surface area contributed by atoms with Crippen LogP contribution < -0.4 is 19.9 Å². The summed E-state index contributed by atoms with van der Waals surface area (Å²) in [5.41, 5.74) is 8.85. The van der Waals surface area contributed by atoms with E-state index in [2.05, 4.69) is 11.2 Å². The summed E-state index contributed by atoms with van der Waals surface area (Å²) < 4.78 is 18.3. The highest BCUT2D eigenvalue weighted by atomic mass is 16.5. The zero-order valence-electron chi connectivity index (χ0n) is 17.6. The van der Waals surface area contributed by atoms with Crippen molar-refractivity contribution in [1.82, 2.24) is 9.78 Å². The second kappa shape index (κ2) is 8.00. The quantitative estimate of drug-likeness (QED) is 0.628. The van der Waals surface area contributed by atoms with Gasteiger partial charge in [-0.1, -0.05) is 6.07 Å². The summed E-state index contributed by atoms with van der Waals surface area (Å²) >= 11 is 0. The Balaban J connectivity index is 1.98. The number of ether oxygens (including phenoxy) is 3. The number of fused-ring (bicyclic) bond motifs is 1. The van der Waals surface area contributed by atoms with Crippen molar-refractivity contribution in [3.8, 4) is 29.1 Å². The fourth-order valence-corrected chi connectivity index (χ4v) is 3.84. The second-order valence-corrected chi connectivity index (χ2v) is 7.10. The Bertz CT molecular complexity index is 1300. The van der Waals surface area contributed by atoms with Crippen LogP contribution in [0.15, 0.2) is 53.9 Å². The number of methoxy groups -OCH3 is 2. The summed E-state index contributed by atoms with van der Waals surface area (Å²) in [5, 5.41) is 23.8. The summed E-state index contributed by atoms with van der Waals surface area (Å²) in [6, 6.07) is 13.8. The van der Waals surface area contributed by atoms with Gasteiger partial charge in [-0.15, -0.1) is 0 Å². The van der Waals surface area contributed by atoms with Crippen molar-refractivity contribution in [1.29, 1.82) is 5.26 Å². The fourth-order valence-electron chi connectivity index (χ4n) is 3.84. The lowest BCUT2D eigenvalue weighted by Crippen LogP contribution is -2.22. The summed E-state index contributed by atoms with van der Waals surface area (Å²) in [7, 11) is 3.09. The highest BCUT2D eigenvalue weighted by molar-refractivity contribution is 5.88. The number of rotatable bonds is 5. The van der Waals surface area contributed by atoms with Gasteiger partial charge in [-0.3, -0.25) is 0 Å². The third kappa shape index (κ3) is 3.28. The summed E-state index contributed by atoms with van der Waals surface area (Å²) in [4.78, 5) is 11.4. The minimum atomic E-state index is -1.06. The lowest BCUT2D eigenvalue weighted by molar-refractivity contribution is 0.0697. The Kier molecular flexibility index (Phi) is 5.20. The molecule has 2 aromatic carbocycles. The number of carbonyl (C=O) groups is 1. The zero-order chi connectivity index (χ0) is 23.0. The number of carboxylic acid groups (broad SMARTS) is 1. The van der Waals surface area contributed by atoms with Crippen LogP contribution in [-0.4, -0.2) is 35.1 Å². The molecule has 32 heavy (non-hydrogen) atoms. The first-order chi connectivity index (χ1) is 15.4. The van der Waals surface area contributed by atoms with E-state index in [9.17, 15) is 15.2 Å². The molecule has 9 nitrogen and oxygen atoms in total. The molecule has 1 aliphatic heterocycles. The number of hydrogen-bond donors (Lipinski definition) is 2. The van der Waals surface area contributed by atoms with Gasteiger partial charge < -0.3 is 25.1 Å². The zero-order valence-corrected chi connectivity index (χ0v) is 17.6. The molecule has 3 N–H and O–H groups in total. The maximum absolute atomic E-state index is 11.4. The molecule has 0 radical (unpaired) electrons. The molecule has 1 atom stereocenters. The number of aromatic nitrogens is 2. The maximum Gasteiger partial charge on any atom is 0.335 e. The molecular weight excluding hydrogens is 412 g/mol. The third-order valence-corrected chi connectivity index (χ3v) is 5.32. The topological polar surface area (TPSA) is 133 Å². The van der Waals surface area contributed by atoms with Crippen molar-refractivity contribution >= 4 is 5.97 Å². The van der Waals surface area contributed by atoms with E-state index in [1.807, 2.05) is 0 Å². The van der Waals surface area contributed by atoms with E-state index in [1.165, 1.54) is 16.8 Å². The average molecular weight is 432 g/mol. The third-order valence-electron chi connectivity index (χ3n) is 5.32. The smallest absolute Gasteiger partial charge is 0.335 e. The maximum atomic E-state index is 11.4. The van der Waals surface area contributed by atoms with Crippen molar-refractivity contribution in [2.45, 2.75) is 12.8 Å². The number of carboxylic acids is 1. The van der Waals surface area contributed by atoms with Crippen LogP contribution in [0, 0.1) is 18.3 Å². The number of nitriles is 1. The first-order valence-corrected chi connectivity index (χ1v) is 9.62. The van der Waals surface area contributed by atoms with Gasteiger partial charge in [-0.25, -0.2) is 9.48 Å². The largest absolute Gasteiger partial charge is 0.497 e. The Morgan fingerprint density at radius 2 is 2.03 bits per heavy atom. The molecule has 0 saturated heterocycles. The molecule has 3 aromatic rings. The molecule has 0 fully saturated rings. The summed E-state index contributed by atoms with van der Waals surface area (Å²) in [6.45, 7) is 1.79. The van der Waals surface area contributed by atoms with Crippen LogP contribution in [0.1, 0.15) is 33.1 Å². The number of nitrogens with zero attached hydrogens (tertiary/aromatic N) is 3. The number of nitrogens with two attached hydrogens (primary N) is 1. The monoisotopic (exact) mass is 432 g/mol. The average Bonchev–Trinajstić information content (AvgIpc) is 3.13. The van der Waals surface area contributed by atoms with E-state index in [4.69, 9.17) is 19.9 Å². The lowest BCUT2D eigenvalue weighted by atomic mass is 9.83. The van der Waals surface area contributed by atoms with Gasteiger partial charge in [0.25, 0.3) is 0 Å². The van der Waals surface area contributed by atoms with E-state index in [-0.39, 0.29) is 17.0 Å². The van der Waals surface area contributed by atoms with Crippen LogP contribution in [0.5, 0.6) is 17.4 Å². The van der Waals surface area contributed by atoms with Gasteiger partial charge in [0.05, 0.1) is 42.6 Å². The van der Waals surface area contributed by atoms with E-state index >= 15 is 0 Å². The predicted molar refractivity (Wildman–Crippen MR) is 114 cm³/mol. The molecule has 1 aromatic heterocycles. The highest BCUT2D eigenvalue weighted by Crippen LogP contribution is 2.47. The van der Waals surface area contributed by atoms with Gasteiger partial charge in [-0.05, 0) is 43.3 Å². The Morgan fingerprint density at radius 1 is 1.25 bits per heavy atom. The van der Waals surface area contributed by atoms with Crippen LogP contribution in [-0.2, 0) is 0 Å². The Morgan fingerprint density at radius 3 is 2.69 bits per heavy atom. The number of aryl methyl sites for hydroxylation is 1. The normalized spacial score (nSPS) is 14.9. The van der Waals surface area contributed by atoms with Crippen molar-refractivity contribution in [2.75, 3.05) is 14.2 Å². The molecule has 1 unspecified atom stereocenters. The van der Waals surface area contributed by atoms with E-state index in [1.54, 1.807) is 51.5 Å². The summed E-state index contributed by atoms with van der Waals surface area (Å²) in [5.74, 6) is -0.309.